The Balaban J connectivity index is 1.47. The summed E-state index contributed by atoms with van der Waals surface area (Å²) in [6, 6.07) is 7.46. The van der Waals surface area contributed by atoms with Gasteiger partial charge in [0, 0.05) is 32.5 Å². The number of hydrogen-bond acceptors (Lipinski definition) is 6. The van der Waals surface area contributed by atoms with Gasteiger partial charge in [0.1, 0.15) is 6.04 Å². The quantitative estimate of drug-likeness (QED) is 0.237. The molecule has 0 radical (unpaired) electrons. The Hall–Kier alpha value is -2.49. The van der Waals surface area contributed by atoms with E-state index in [4.69, 9.17) is 4.74 Å². The average Bonchev–Trinajstić information content (AvgIpc) is 3.40. The molecule has 4 amide bonds. The van der Waals surface area contributed by atoms with Gasteiger partial charge in [0.05, 0.1) is 13.2 Å². The van der Waals surface area contributed by atoms with Crippen LogP contribution in [-0.2, 0) is 20.7 Å². The number of nitrogens with zero attached hydrogens (tertiary/aromatic N) is 2. The van der Waals surface area contributed by atoms with Crippen molar-refractivity contribution in [3.05, 3.63) is 35.9 Å². The maximum Gasteiger partial charge on any atom is 0.349 e. The lowest BCUT2D eigenvalue weighted by molar-refractivity contribution is -0.153. The average molecular weight is 489 g/mol. The Labute approximate surface area is 208 Å². The van der Waals surface area contributed by atoms with Gasteiger partial charge in [-0.05, 0) is 37.3 Å². The molecule has 1 aliphatic carbocycles. The number of imide groups is 1. The highest BCUT2D eigenvalue weighted by atomic mass is 16.5. The van der Waals surface area contributed by atoms with Crippen molar-refractivity contribution in [3.8, 4) is 0 Å². The highest BCUT2D eigenvalue weighted by molar-refractivity contribution is 5.95. The van der Waals surface area contributed by atoms with E-state index in [0.717, 1.165) is 51.3 Å². The van der Waals surface area contributed by atoms with E-state index in [0.29, 0.717) is 18.9 Å². The number of ether oxygens (including phenoxy) is 1. The molecule has 9 nitrogen and oxygen atoms in total. The van der Waals surface area contributed by atoms with E-state index in [1.54, 1.807) is 0 Å². The molecule has 35 heavy (non-hydrogen) atoms. The van der Waals surface area contributed by atoms with E-state index in [1.165, 1.54) is 25.7 Å². The number of carbonyl (C=O) groups is 3. The second kappa shape index (κ2) is 14.8. The van der Waals surface area contributed by atoms with Gasteiger partial charge in [-0.2, -0.15) is 0 Å². The van der Waals surface area contributed by atoms with Crippen LogP contribution in [0.15, 0.2) is 30.3 Å². The molecule has 1 aromatic carbocycles. The Morgan fingerprint density at radius 3 is 2.51 bits per heavy atom. The highest BCUT2D eigenvalue weighted by Gasteiger charge is 2.27. The lowest BCUT2D eigenvalue weighted by atomic mass is 10.0. The van der Waals surface area contributed by atoms with Gasteiger partial charge in [0.25, 0.3) is 5.91 Å². The number of hydrogen-bond donors (Lipinski definition) is 3. The SMILES string of the molecule is O=C(NCCCN1CCOCC1)[C@H](Cc1ccccc1)NC(=O)N(O)C(=O)CCCC1CCCC1. The molecule has 0 aromatic heterocycles. The number of amides is 4. The number of nitrogens with one attached hydrogen (secondary N) is 2. The van der Waals surface area contributed by atoms with Crippen LogP contribution in [0.1, 0.15) is 56.9 Å². The van der Waals surface area contributed by atoms with Crippen molar-refractivity contribution >= 4 is 17.8 Å². The lowest BCUT2D eigenvalue weighted by Crippen LogP contribution is -2.53. The predicted octanol–water partition coefficient (Wildman–Crippen LogP) is 2.72. The number of urea groups is 1. The first-order valence-corrected chi connectivity index (χ1v) is 13.0. The van der Waals surface area contributed by atoms with Gasteiger partial charge in [-0.25, -0.2) is 4.79 Å². The van der Waals surface area contributed by atoms with Gasteiger partial charge in [-0.1, -0.05) is 56.0 Å². The molecule has 1 saturated carbocycles. The number of hydroxylamine groups is 2. The number of benzene rings is 1. The van der Waals surface area contributed by atoms with E-state index in [9.17, 15) is 19.6 Å². The van der Waals surface area contributed by atoms with Gasteiger partial charge in [0.15, 0.2) is 0 Å². The summed E-state index contributed by atoms with van der Waals surface area (Å²) >= 11 is 0. The molecule has 0 unspecified atom stereocenters. The van der Waals surface area contributed by atoms with Gasteiger partial charge in [-0.3, -0.25) is 19.7 Å². The normalized spacial score (nSPS) is 17.6. The minimum Gasteiger partial charge on any atom is -0.379 e. The second-order valence-electron chi connectivity index (χ2n) is 9.54. The van der Waals surface area contributed by atoms with E-state index in [1.807, 2.05) is 30.3 Å². The van der Waals surface area contributed by atoms with Crippen LogP contribution in [0.5, 0.6) is 0 Å². The highest BCUT2D eigenvalue weighted by Crippen LogP contribution is 2.28. The monoisotopic (exact) mass is 488 g/mol. The number of rotatable bonds is 12. The smallest absolute Gasteiger partial charge is 0.349 e. The van der Waals surface area contributed by atoms with Crippen molar-refractivity contribution in [1.82, 2.24) is 20.6 Å². The molecule has 2 fully saturated rings. The van der Waals surface area contributed by atoms with Gasteiger partial charge in [-0.15, -0.1) is 5.06 Å². The molecule has 1 aromatic rings. The zero-order valence-corrected chi connectivity index (χ0v) is 20.6. The Morgan fingerprint density at radius 2 is 1.80 bits per heavy atom. The molecule has 3 rings (SSSR count). The second-order valence-corrected chi connectivity index (χ2v) is 9.54. The summed E-state index contributed by atoms with van der Waals surface area (Å²) in [7, 11) is 0. The largest absolute Gasteiger partial charge is 0.379 e. The zero-order chi connectivity index (χ0) is 24.9. The number of morpholine rings is 1. The van der Waals surface area contributed by atoms with Crippen molar-refractivity contribution in [2.45, 2.75) is 63.8 Å². The third-order valence-electron chi connectivity index (χ3n) is 6.86. The summed E-state index contributed by atoms with van der Waals surface area (Å²) in [5.74, 6) is -0.345. The van der Waals surface area contributed by atoms with E-state index in [2.05, 4.69) is 15.5 Å². The summed E-state index contributed by atoms with van der Waals surface area (Å²) < 4.78 is 5.35. The molecule has 1 heterocycles. The fraction of sp³-hybridized carbons (Fsp3) is 0.654. The minimum atomic E-state index is -0.972. The van der Waals surface area contributed by atoms with Crippen LogP contribution in [0.2, 0.25) is 0 Å². The van der Waals surface area contributed by atoms with Gasteiger partial charge < -0.3 is 15.4 Å². The van der Waals surface area contributed by atoms with Gasteiger partial charge >= 0.3 is 6.03 Å². The number of carbonyl (C=O) groups excluding carboxylic acids is 3. The molecule has 1 atom stereocenters. The lowest BCUT2D eigenvalue weighted by Gasteiger charge is -2.26. The molecular weight excluding hydrogens is 448 g/mol. The van der Waals surface area contributed by atoms with E-state index >= 15 is 0 Å². The molecule has 9 heteroatoms. The first-order valence-electron chi connectivity index (χ1n) is 13.0. The third kappa shape index (κ3) is 9.58. The molecular formula is C26H40N4O5. The standard InChI is InChI=1S/C26H40N4O5/c31-24(13-6-12-21-8-4-5-9-21)30(34)26(33)28-23(20-22-10-2-1-3-11-22)25(32)27-14-7-15-29-16-18-35-19-17-29/h1-3,10-11,21,23,34H,4-9,12-20H2,(H,27,32)(H,28,33)/t23-/m0/s1. The molecule has 2 aliphatic rings. The summed E-state index contributed by atoms with van der Waals surface area (Å²) in [5.41, 5.74) is 0.869. The van der Waals surface area contributed by atoms with E-state index < -0.39 is 18.0 Å². The van der Waals surface area contributed by atoms with Crippen LogP contribution in [0, 0.1) is 5.92 Å². The van der Waals surface area contributed by atoms with Crippen LogP contribution in [0.3, 0.4) is 0 Å². The van der Waals surface area contributed by atoms with Crippen molar-refractivity contribution in [2.24, 2.45) is 5.92 Å². The molecule has 3 N–H and O–H groups in total. The Morgan fingerprint density at radius 1 is 1.09 bits per heavy atom. The topological polar surface area (TPSA) is 111 Å². The molecule has 0 spiro atoms. The fourth-order valence-corrected chi connectivity index (χ4v) is 4.79. The van der Waals surface area contributed by atoms with Crippen molar-refractivity contribution < 1.29 is 24.3 Å². The first kappa shape index (κ1) is 27.1. The third-order valence-corrected chi connectivity index (χ3v) is 6.86. The summed E-state index contributed by atoms with van der Waals surface area (Å²) in [6.07, 6.45) is 7.60. The van der Waals surface area contributed by atoms with E-state index in [-0.39, 0.29) is 23.8 Å². The van der Waals surface area contributed by atoms with Crippen LogP contribution in [0.25, 0.3) is 0 Å². The molecule has 1 saturated heterocycles. The zero-order valence-electron chi connectivity index (χ0n) is 20.6. The maximum absolute atomic E-state index is 12.9. The van der Waals surface area contributed by atoms with Crippen LogP contribution < -0.4 is 10.6 Å². The predicted molar refractivity (Wildman–Crippen MR) is 132 cm³/mol. The van der Waals surface area contributed by atoms with Crippen molar-refractivity contribution in [2.75, 3.05) is 39.4 Å². The van der Waals surface area contributed by atoms with Crippen LogP contribution in [-0.4, -0.2) is 78.5 Å². The first-order chi connectivity index (χ1) is 17.0. The Bertz CT molecular complexity index is 794. The van der Waals surface area contributed by atoms with Gasteiger partial charge in [0.2, 0.25) is 5.91 Å². The molecule has 194 valence electrons. The summed E-state index contributed by atoms with van der Waals surface area (Å²) in [4.78, 5) is 40.1. The minimum absolute atomic E-state index is 0.109. The van der Waals surface area contributed by atoms with Crippen molar-refractivity contribution in [3.63, 3.8) is 0 Å². The van der Waals surface area contributed by atoms with Crippen LogP contribution in [0.4, 0.5) is 4.79 Å². The summed E-state index contributed by atoms with van der Waals surface area (Å²) in [5, 5.41) is 15.7. The maximum atomic E-state index is 12.9. The molecule has 1 aliphatic heterocycles. The summed E-state index contributed by atoms with van der Waals surface area (Å²) in [6.45, 7) is 4.58. The van der Waals surface area contributed by atoms with Crippen LogP contribution >= 0.6 is 0 Å². The Kier molecular flexibility index (Phi) is 11.5. The molecule has 0 bridgehead atoms. The van der Waals surface area contributed by atoms with Crippen molar-refractivity contribution in [1.29, 1.82) is 0 Å². The fourth-order valence-electron chi connectivity index (χ4n) is 4.79.